The van der Waals surface area contributed by atoms with E-state index in [0.717, 1.165) is 44.5 Å². The normalized spacial score (nSPS) is 9.30. The van der Waals surface area contributed by atoms with Crippen molar-refractivity contribution in [2.24, 2.45) is 0 Å². The molecule has 0 spiro atoms. The molecule has 4 rings (SSSR count). The Bertz CT molecular complexity index is 1070. The number of benzene rings is 4. The summed E-state index contributed by atoms with van der Waals surface area (Å²) in [5.74, 6) is 0.502. The van der Waals surface area contributed by atoms with Crippen molar-refractivity contribution in [3.63, 3.8) is 0 Å². The molecular weight excluding hydrogens is 627 g/mol. The predicted octanol–water partition coefficient (Wildman–Crippen LogP) is 5.51. The van der Waals surface area contributed by atoms with Crippen LogP contribution >= 0.6 is 0 Å². The first-order valence-electron chi connectivity index (χ1n) is 11.8. The second-order valence-electron chi connectivity index (χ2n) is 9.08. The zero-order valence-electron chi connectivity index (χ0n) is 23.1. The summed E-state index contributed by atoms with van der Waals surface area (Å²) in [6, 6.07) is 21.3. The van der Waals surface area contributed by atoms with Crippen molar-refractivity contribution in [1.29, 1.82) is 0 Å². The monoisotopic (exact) mass is 664 g/mol. The Labute approximate surface area is 241 Å². The topological polar surface area (TPSA) is 92.2 Å². The zero-order chi connectivity index (χ0) is 27.4. The van der Waals surface area contributed by atoms with E-state index < -0.39 is 0 Å². The van der Waals surface area contributed by atoms with Crippen molar-refractivity contribution in [3.05, 3.63) is 117 Å². The van der Waals surface area contributed by atoms with Crippen molar-refractivity contribution >= 4 is 0 Å². The van der Waals surface area contributed by atoms with E-state index in [2.05, 4.69) is 0 Å². The minimum Gasteiger partial charge on any atom is -0.872 e. The molecule has 4 nitrogen and oxygen atoms in total. The molecular formula is C32H36HfO4. The summed E-state index contributed by atoms with van der Waals surface area (Å²) in [4.78, 5) is 0. The second-order valence-corrected chi connectivity index (χ2v) is 9.08. The molecule has 0 saturated heterocycles. The van der Waals surface area contributed by atoms with Crippen molar-refractivity contribution in [2.75, 3.05) is 0 Å². The summed E-state index contributed by atoms with van der Waals surface area (Å²) in [6.45, 7) is 15.2. The molecule has 0 bridgehead atoms. The van der Waals surface area contributed by atoms with Gasteiger partial charge in [0.05, 0.1) is 0 Å². The third kappa shape index (κ3) is 13.2. The van der Waals surface area contributed by atoms with Gasteiger partial charge in [-0.25, -0.2) is 0 Å². The van der Waals surface area contributed by atoms with Gasteiger partial charge in [0.1, 0.15) is 0 Å². The van der Waals surface area contributed by atoms with Gasteiger partial charge in [-0.05, 0) is 55.4 Å². The van der Waals surface area contributed by atoms with Gasteiger partial charge in [-0.15, -0.1) is 23.0 Å². The number of rotatable bonds is 0. The van der Waals surface area contributed by atoms with Gasteiger partial charge in [-0.1, -0.05) is 117 Å². The average Bonchev–Trinajstić information content (AvgIpc) is 2.81. The van der Waals surface area contributed by atoms with Gasteiger partial charge in [-0.2, -0.15) is 0 Å². The van der Waals surface area contributed by atoms with Crippen molar-refractivity contribution < 1.29 is 46.3 Å². The Morgan fingerprint density at radius 1 is 0.324 bits per heavy atom. The summed E-state index contributed by atoms with van der Waals surface area (Å²) in [5, 5.41) is 43.1. The zero-order valence-corrected chi connectivity index (χ0v) is 26.7. The van der Waals surface area contributed by atoms with Gasteiger partial charge in [0.2, 0.25) is 0 Å². The molecule has 192 valence electrons. The smallest absolute Gasteiger partial charge is 0.872 e. The van der Waals surface area contributed by atoms with Crippen LogP contribution in [0.1, 0.15) is 44.5 Å². The van der Waals surface area contributed by atoms with Crippen LogP contribution in [0.3, 0.4) is 0 Å². The molecule has 0 amide bonds. The summed E-state index contributed by atoms with van der Waals surface area (Å²) in [5.41, 5.74) is 7.90. The minimum atomic E-state index is 0. The minimum absolute atomic E-state index is 0. The molecule has 5 heteroatoms. The summed E-state index contributed by atoms with van der Waals surface area (Å²) >= 11 is 0. The van der Waals surface area contributed by atoms with E-state index in [-0.39, 0.29) is 48.8 Å². The quantitative estimate of drug-likeness (QED) is 0.233. The van der Waals surface area contributed by atoms with Gasteiger partial charge in [0.25, 0.3) is 0 Å². The molecule has 0 aliphatic heterocycles. The van der Waals surface area contributed by atoms with Gasteiger partial charge in [-0.3, -0.25) is 0 Å². The maximum atomic E-state index is 10.8. The molecule has 0 aromatic heterocycles. The molecule has 0 saturated carbocycles. The van der Waals surface area contributed by atoms with Crippen LogP contribution in [0, 0.1) is 55.4 Å². The molecule has 0 radical (unpaired) electrons. The summed E-state index contributed by atoms with van der Waals surface area (Å²) in [7, 11) is 0. The van der Waals surface area contributed by atoms with Crippen molar-refractivity contribution in [2.45, 2.75) is 55.4 Å². The van der Waals surface area contributed by atoms with E-state index in [0.29, 0.717) is 0 Å². The van der Waals surface area contributed by atoms with Crippen LogP contribution in [-0.4, -0.2) is 0 Å². The Kier molecular flexibility index (Phi) is 15.3. The molecule has 0 unspecified atom stereocenters. The Hall–Kier alpha value is -3.05. The maximum Gasteiger partial charge on any atom is 4.00 e. The van der Waals surface area contributed by atoms with E-state index in [1.165, 1.54) is 0 Å². The van der Waals surface area contributed by atoms with Crippen LogP contribution < -0.4 is 20.4 Å². The molecule has 4 aromatic carbocycles. The van der Waals surface area contributed by atoms with Crippen molar-refractivity contribution in [3.8, 4) is 23.0 Å². The third-order valence-electron chi connectivity index (χ3n) is 5.32. The van der Waals surface area contributed by atoms with Crippen LogP contribution in [0.5, 0.6) is 23.0 Å². The molecule has 0 aliphatic rings. The van der Waals surface area contributed by atoms with Crippen LogP contribution in [0.4, 0.5) is 0 Å². The average molecular weight is 663 g/mol. The van der Waals surface area contributed by atoms with Crippen LogP contribution in [-0.2, 0) is 25.8 Å². The van der Waals surface area contributed by atoms with E-state index in [9.17, 15) is 20.4 Å². The molecule has 4 aromatic rings. The third-order valence-corrected chi connectivity index (χ3v) is 5.32. The largest absolute Gasteiger partial charge is 4.00 e. The van der Waals surface area contributed by atoms with Crippen LogP contribution in [0.25, 0.3) is 0 Å². The molecule has 37 heavy (non-hydrogen) atoms. The van der Waals surface area contributed by atoms with Gasteiger partial charge in [0.15, 0.2) is 0 Å². The van der Waals surface area contributed by atoms with Gasteiger partial charge in [0, 0.05) is 0 Å². The first-order valence-corrected chi connectivity index (χ1v) is 11.8. The first-order chi connectivity index (χ1) is 16.8. The molecule has 0 atom stereocenters. The standard InChI is InChI=1S/4C8H10O.Hf/c4*1-6-3-4-8(9)7(2)5-6;/h4*3-5,9H,1-2H3;/q;;;;+4/p-4. The first kappa shape index (κ1) is 34.0. The predicted molar refractivity (Wildman–Crippen MR) is 141 cm³/mol. The molecule has 0 aliphatic carbocycles. The summed E-state index contributed by atoms with van der Waals surface area (Å²) < 4.78 is 0. The second kappa shape index (κ2) is 16.6. The molecule has 0 heterocycles. The van der Waals surface area contributed by atoms with Crippen LogP contribution in [0.2, 0.25) is 0 Å². The van der Waals surface area contributed by atoms with Gasteiger partial charge >= 0.3 is 25.8 Å². The van der Waals surface area contributed by atoms with E-state index in [1.54, 1.807) is 24.3 Å². The fraction of sp³-hybridized carbons (Fsp3) is 0.250. The van der Waals surface area contributed by atoms with Crippen LogP contribution in [0.15, 0.2) is 72.8 Å². The molecule has 0 N–H and O–H groups in total. The Morgan fingerprint density at radius 3 is 0.595 bits per heavy atom. The van der Waals surface area contributed by atoms with E-state index in [1.807, 2.05) is 104 Å². The van der Waals surface area contributed by atoms with Gasteiger partial charge < -0.3 is 20.4 Å². The van der Waals surface area contributed by atoms with E-state index in [4.69, 9.17) is 0 Å². The van der Waals surface area contributed by atoms with Crippen molar-refractivity contribution in [1.82, 2.24) is 0 Å². The summed E-state index contributed by atoms with van der Waals surface area (Å²) in [6.07, 6.45) is 0. The Balaban J connectivity index is 0.000000463. The fourth-order valence-electron chi connectivity index (χ4n) is 3.20. The number of aryl methyl sites for hydroxylation is 8. The fourth-order valence-corrected chi connectivity index (χ4v) is 3.20. The van der Waals surface area contributed by atoms with E-state index >= 15 is 0 Å². The number of hydrogen-bond acceptors (Lipinski definition) is 4. The number of hydrogen-bond donors (Lipinski definition) is 0. The molecule has 0 fully saturated rings. The SMILES string of the molecule is Cc1ccc([O-])c(C)c1.Cc1ccc([O-])c(C)c1.Cc1ccc([O-])c(C)c1.Cc1ccc([O-])c(C)c1.[Hf+4]. The Morgan fingerprint density at radius 2 is 0.486 bits per heavy atom. The maximum absolute atomic E-state index is 10.8.